The minimum atomic E-state index is -3.98. The predicted molar refractivity (Wildman–Crippen MR) is 23.4 cm³/mol. The van der Waals surface area contributed by atoms with Crippen LogP contribution in [-0.2, 0) is 0 Å². The van der Waals surface area contributed by atoms with Gasteiger partial charge in [0.15, 0.2) is 0 Å². The second-order valence-electron chi connectivity index (χ2n) is 1.86. The molecule has 8 heavy (non-hydrogen) atoms. The molecule has 0 spiro atoms. The minimum Gasteiger partial charge on any atom is -0.171 e. The second-order valence-corrected chi connectivity index (χ2v) is 1.86. The van der Waals surface area contributed by atoms with Gasteiger partial charge in [-0.3, -0.25) is 0 Å². The van der Waals surface area contributed by atoms with Gasteiger partial charge in [0.25, 0.3) is 0 Å². The van der Waals surface area contributed by atoms with Crippen molar-refractivity contribution in [1.29, 1.82) is 0 Å². The Morgan fingerprint density at radius 3 is 2.12 bits per heavy atom. The van der Waals surface area contributed by atoms with Crippen molar-refractivity contribution in [3.63, 3.8) is 0 Å². The van der Waals surface area contributed by atoms with Gasteiger partial charge in [-0.25, -0.2) is 0 Å². The van der Waals surface area contributed by atoms with Crippen LogP contribution in [0.2, 0.25) is 0 Å². The molecule has 0 fully saturated rings. The Bertz CT molecular complexity index is 120. The highest BCUT2D eigenvalue weighted by Gasteiger charge is 2.30. The lowest BCUT2D eigenvalue weighted by molar-refractivity contribution is -0.126. The maximum atomic E-state index is 11.3. The van der Waals surface area contributed by atoms with Gasteiger partial charge in [0, 0.05) is 0 Å². The summed E-state index contributed by atoms with van der Waals surface area (Å²) >= 11 is 0. The highest BCUT2D eigenvalue weighted by Crippen LogP contribution is 2.32. The summed E-state index contributed by atoms with van der Waals surface area (Å²) in [5.74, 6) is 0. The molecule has 0 saturated carbocycles. The van der Waals surface area contributed by atoms with E-state index in [9.17, 15) is 13.2 Å². The Hall–Kier alpha value is -0.470. The van der Waals surface area contributed by atoms with Crippen LogP contribution in [0.25, 0.3) is 0 Å². The predicted octanol–water partition coefficient (Wildman–Crippen LogP) is 2.27. The summed E-state index contributed by atoms with van der Waals surface area (Å²) in [6.07, 6.45) is -2.53. The molecule has 46 valence electrons. The molecule has 0 bridgehead atoms. The van der Waals surface area contributed by atoms with Crippen LogP contribution in [0.1, 0.15) is 12.8 Å². The van der Waals surface area contributed by atoms with Gasteiger partial charge in [0.2, 0.25) is 0 Å². The van der Waals surface area contributed by atoms with Crippen LogP contribution in [0.3, 0.4) is 0 Å². The van der Waals surface area contributed by atoms with E-state index in [4.69, 9.17) is 0 Å². The van der Waals surface area contributed by atoms with E-state index in [0.29, 0.717) is 12.0 Å². The monoisotopic (exact) mass is 122 g/mol. The maximum absolute atomic E-state index is 11.3. The van der Waals surface area contributed by atoms with Crippen LogP contribution in [0.4, 0.5) is 13.2 Å². The third-order valence-electron chi connectivity index (χ3n) is 0.920. The molecule has 0 aromatic carbocycles. The van der Waals surface area contributed by atoms with Gasteiger partial charge in [-0.15, -0.1) is 0 Å². The summed E-state index contributed by atoms with van der Waals surface area (Å²) in [7, 11) is 0. The Morgan fingerprint density at radius 2 is 2.00 bits per heavy atom. The molecule has 0 amide bonds. The molecule has 0 radical (unpaired) electrons. The summed E-state index contributed by atoms with van der Waals surface area (Å²) in [5.41, 5.74) is 0.525. The number of hydrogen-bond acceptors (Lipinski definition) is 0. The van der Waals surface area contributed by atoms with E-state index in [1.54, 1.807) is 6.08 Å². The fourth-order valence-corrected chi connectivity index (χ4v) is 0.474. The summed E-state index contributed by atoms with van der Waals surface area (Å²) in [4.78, 5) is 0. The molecule has 0 atom stereocenters. The van der Waals surface area contributed by atoms with E-state index in [1.165, 1.54) is 0 Å². The highest BCUT2D eigenvalue weighted by molar-refractivity contribution is 5.22. The maximum Gasteiger partial charge on any atom is 0.392 e. The molecule has 0 aromatic heterocycles. The molecule has 3 heteroatoms. The Kier molecular flexibility index (Phi) is 1.06. The van der Waals surface area contributed by atoms with Gasteiger partial charge >= 0.3 is 6.18 Å². The van der Waals surface area contributed by atoms with Crippen molar-refractivity contribution in [3.8, 4) is 0 Å². The van der Waals surface area contributed by atoms with Gasteiger partial charge in [0.05, 0.1) is 6.42 Å². The van der Waals surface area contributed by atoms with Gasteiger partial charge < -0.3 is 0 Å². The number of rotatable bonds is 1. The van der Waals surface area contributed by atoms with Crippen LogP contribution in [0.5, 0.6) is 0 Å². The zero-order chi connectivity index (χ0) is 6.20. The van der Waals surface area contributed by atoms with E-state index >= 15 is 0 Å². The van der Waals surface area contributed by atoms with Crippen molar-refractivity contribution >= 4 is 0 Å². The molecule has 1 aliphatic rings. The van der Waals surface area contributed by atoms with Crippen molar-refractivity contribution in [1.82, 2.24) is 0 Å². The molecule has 0 aromatic rings. The quantitative estimate of drug-likeness (QED) is 0.468. The summed E-state index contributed by atoms with van der Waals surface area (Å²) in [6.45, 7) is 0. The first kappa shape index (κ1) is 5.66. The van der Waals surface area contributed by atoms with E-state index in [1.807, 2.05) is 0 Å². The first-order valence-corrected chi connectivity index (χ1v) is 2.32. The third kappa shape index (κ3) is 2.00. The fraction of sp³-hybridized carbons (Fsp3) is 0.600. The van der Waals surface area contributed by atoms with E-state index in [2.05, 4.69) is 0 Å². The number of hydrogen-bond donors (Lipinski definition) is 0. The summed E-state index contributed by atoms with van der Waals surface area (Å²) < 4.78 is 33.9. The van der Waals surface area contributed by atoms with Crippen LogP contribution >= 0.6 is 0 Å². The van der Waals surface area contributed by atoms with Crippen molar-refractivity contribution < 1.29 is 13.2 Å². The van der Waals surface area contributed by atoms with Crippen LogP contribution in [-0.4, -0.2) is 6.18 Å². The average molecular weight is 122 g/mol. The molecule has 1 aliphatic carbocycles. The molecule has 0 N–H and O–H groups in total. The topological polar surface area (TPSA) is 0 Å². The molecule has 0 heterocycles. The van der Waals surface area contributed by atoms with Crippen LogP contribution in [0.15, 0.2) is 11.6 Å². The summed E-state index contributed by atoms with van der Waals surface area (Å²) in [5, 5.41) is 0. The Morgan fingerprint density at radius 1 is 1.50 bits per heavy atom. The Labute approximate surface area is 45.0 Å². The fourth-order valence-electron chi connectivity index (χ4n) is 0.474. The lowest BCUT2D eigenvalue weighted by atomic mass is 10.3. The van der Waals surface area contributed by atoms with Gasteiger partial charge in [0.1, 0.15) is 0 Å². The number of alkyl halides is 3. The zero-order valence-electron chi connectivity index (χ0n) is 4.13. The zero-order valence-corrected chi connectivity index (χ0v) is 4.13. The molecule has 0 saturated heterocycles. The first-order valence-electron chi connectivity index (χ1n) is 2.32. The minimum absolute atomic E-state index is 0.525. The third-order valence-corrected chi connectivity index (χ3v) is 0.920. The Balaban J connectivity index is 2.27. The second kappa shape index (κ2) is 1.50. The largest absolute Gasteiger partial charge is 0.392 e. The molecule has 1 rings (SSSR count). The van der Waals surface area contributed by atoms with Crippen LogP contribution < -0.4 is 0 Å². The molecule has 0 nitrogen and oxygen atoms in total. The normalized spacial score (nSPS) is 18.1. The summed E-state index contributed by atoms with van der Waals surface area (Å²) in [6, 6.07) is 0. The van der Waals surface area contributed by atoms with Gasteiger partial charge in [-0.05, 0) is 6.42 Å². The molecule has 0 aliphatic heterocycles. The van der Waals surface area contributed by atoms with Crippen molar-refractivity contribution in [2.24, 2.45) is 0 Å². The number of halogens is 3. The van der Waals surface area contributed by atoms with Crippen molar-refractivity contribution in [2.45, 2.75) is 19.0 Å². The van der Waals surface area contributed by atoms with E-state index < -0.39 is 12.6 Å². The highest BCUT2D eigenvalue weighted by atomic mass is 19.4. The standard InChI is InChI=1S/C5H5F3/c6-5(7,8)3-4-1-2-4/h1H,2-3H2. The average Bonchev–Trinajstić information content (AvgIpc) is 2.12. The van der Waals surface area contributed by atoms with E-state index in [0.717, 1.165) is 0 Å². The first-order chi connectivity index (χ1) is 3.58. The lowest BCUT2D eigenvalue weighted by Gasteiger charge is -1.99. The van der Waals surface area contributed by atoms with Gasteiger partial charge in [-0.1, -0.05) is 11.6 Å². The molecule has 0 unspecified atom stereocenters. The van der Waals surface area contributed by atoms with E-state index in [-0.39, 0.29) is 0 Å². The van der Waals surface area contributed by atoms with Crippen LogP contribution in [0, 0.1) is 0 Å². The lowest BCUT2D eigenvalue weighted by Crippen LogP contribution is -2.04. The van der Waals surface area contributed by atoms with Crippen molar-refractivity contribution in [2.75, 3.05) is 0 Å². The van der Waals surface area contributed by atoms with Gasteiger partial charge in [-0.2, -0.15) is 13.2 Å². The molecular formula is C5H5F3. The SMILES string of the molecule is FC(F)(F)CC1=CC1. The number of allylic oxidation sites excluding steroid dienone is 2. The smallest absolute Gasteiger partial charge is 0.171 e. The molecular weight excluding hydrogens is 117 g/mol. The van der Waals surface area contributed by atoms with Crippen molar-refractivity contribution in [3.05, 3.63) is 11.6 Å².